The van der Waals surface area contributed by atoms with Crippen molar-refractivity contribution in [3.63, 3.8) is 0 Å². The van der Waals surface area contributed by atoms with Crippen LogP contribution in [-0.2, 0) is 0 Å². The van der Waals surface area contributed by atoms with Crippen LogP contribution in [-0.4, -0.2) is 5.11 Å². The van der Waals surface area contributed by atoms with Crippen molar-refractivity contribution >= 4 is 27.2 Å². The first kappa shape index (κ1) is 16.7. The molecule has 0 amide bonds. The lowest BCUT2D eigenvalue weighted by atomic mass is 9.74. The summed E-state index contributed by atoms with van der Waals surface area (Å²) in [5.41, 5.74) is 4.75. The van der Waals surface area contributed by atoms with Gasteiger partial charge in [-0.3, -0.25) is 0 Å². The third-order valence-electron chi connectivity index (χ3n) is 6.84. The molecule has 2 N–H and O–H groups in total. The molecule has 0 spiro atoms. The number of fused-ring (bicyclic) bond motifs is 5. The Morgan fingerprint density at radius 2 is 1.55 bits per heavy atom. The Balaban J connectivity index is 1.66. The summed E-state index contributed by atoms with van der Waals surface area (Å²) in [6.07, 6.45) is 5.71. The lowest BCUT2D eigenvalue weighted by molar-refractivity contribution is 0.417. The third-order valence-corrected chi connectivity index (χ3v) is 6.84. The predicted octanol–water partition coefficient (Wildman–Crippen LogP) is 6.83. The molecule has 1 aliphatic carbocycles. The molecule has 3 atom stereocenters. The zero-order valence-electron chi connectivity index (χ0n) is 16.4. The minimum Gasteiger partial charge on any atom is -0.506 e. The smallest absolute Gasteiger partial charge is 0.139 e. The van der Waals surface area contributed by atoms with Crippen LogP contribution in [0.25, 0.3) is 21.5 Å². The number of aryl methyl sites for hydroxylation is 1. The lowest BCUT2D eigenvalue weighted by Gasteiger charge is -2.39. The van der Waals surface area contributed by atoms with Crippen LogP contribution in [0.2, 0.25) is 0 Å². The molecule has 1 heterocycles. The van der Waals surface area contributed by atoms with E-state index in [1.807, 2.05) is 12.1 Å². The second-order valence-electron chi connectivity index (χ2n) is 8.40. The maximum Gasteiger partial charge on any atom is 0.139 e. The number of rotatable bonds is 1. The average molecular weight is 377 g/mol. The number of aromatic hydroxyl groups is 1. The highest BCUT2D eigenvalue weighted by Crippen LogP contribution is 2.54. The summed E-state index contributed by atoms with van der Waals surface area (Å²) >= 11 is 0. The van der Waals surface area contributed by atoms with E-state index in [-0.39, 0.29) is 6.04 Å². The molecule has 142 valence electrons. The van der Waals surface area contributed by atoms with Gasteiger partial charge < -0.3 is 10.4 Å². The summed E-state index contributed by atoms with van der Waals surface area (Å²) in [5, 5.41) is 19.6. The maximum absolute atomic E-state index is 10.7. The minimum atomic E-state index is 0.145. The molecule has 6 rings (SSSR count). The molecule has 4 aromatic rings. The monoisotopic (exact) mass is 377 g/mol. The number of hydrogen-bond donors (Lipinski definition) is 2. The van der Waals surface area contributed by atoms with Crippen LogP contribution in [0, 0.1) is 12.8 Å². The fourth-order valence-electron chi connectivity index (χ4n) is 5.55. The first-order chi connectivity index (χ1) is 14.2. The number of benzene rings is 4. The van der Waals surface area contributed by atoms with Crippen LogP contribution < -0.4 is 5.32 Å². The van der Waals surface area contributed by atoms with Crippen LogP contribution >= 0.6 is 0 Å². The zero-order valence-corrected chi connectivity index (χ0v) is 16.4. The predicted molar refractivity (Wildman–Crippen MR) is 121 cm³/mol. The van der Waals surface area contributed by atoms with Crippen LogP contribution in [0.1, 0.15) is 35.1 Å². The van der Waals surface area contributed by atoms with Crippen LogP contribution in [0.5, 0.6) is 5.75 Å². The molecule has 0 saturated heterocycles. The van der Waals surface area contributed by atoms with Crippen molar-refractivity contribution in [2.45, 2.75) is 25.3 Å². The molecule has 0 radical (unpaired) electrons. The summed E-state index contributed by atoms with van der Waals surface area (Å²) in [6.45, 7) is 2.15. The van der Waals surface area contributed by atoms with Gasteiger partial charge in [-0.1, -0.05) is 66.7 Å². The first-order valence-corrected chi connectivity index (χ1v) is 10.4. The fourth-order valence-corrected chi connectivity index (χ4v) is 5.55. The molecule has 4 aromatic carbocycles. The van der Waals surface area contributed by atoms with Gasteiger partial charge in [-0.2, -0.15) is 0 Å². The molecule has 2 aliphatic rings. The Morgan fingerprint density at radius 1 is 0.862 bits per heavy atom. The average Bonchev–Trinajstić information content (AvgIpc) is 3.24. The molecule has 2 heteroatoms. The van der Waals surface area contributed by atoms with Gasteiger partial charge in [-0.05, 0) is 69.6 Å². The number of allylic oxidation sites excluding steroid dienone is 2. The van der Waals surface area contributed by atoms with Gasteiger partial charge >= 0.3 is 0 Å². The summed E-state index contributed by atoms with van der Waals surface area (Å²) < 4.78 is 0. The molecule has 29 heavy (non-hydrogen) atoms. The Morgan fingerprint density at radius 3 is 2.28 bits per heavy atom. The number of anilines is 1. The van der Waals surface area contributed by atoms with Gasteiger partial charge in [-0.15, -0.1) is 0 Å². The molecular weight excluding hydrogens is 354 g/mol. The van der Waals surface area contributed by atoms with Gasteiger partial charge in [0.05, 0.1) is 11.7 Å². The maximum atomic E-state index is 10.7. The Kier molecular flexibility index (Phi) is 3.52. The van der Waals surface area contributed by atoms with Crippen molar-refractivity contribution in [3.8, 4) is 5.75 Å². The van der Waals surface area contributed by atoms with E-state index in [0.717, 1.165) is 12.1 Å². The highest BCUT2D eigenvalue weighted by molar-refractivity contribution is 6.03. The van der Waals surface area contributed by atoms with Crippen molar-refractivity contribution in [2.75, 3.05) is 5.32 Å². The second-order valence-corrected chi connectivity index (χ2v) is 8.40. The topological polar surface area (TPSA) is 32.3 Å². The highest BCUT2D eigenvalue weighted by Gasteiger charge is 2.40. The molecule has 1 aliphatic heterocycles. The van der Waals surface area contributed by atoms with E-state index >= 15 is 0 Å². The summed E-state index contributed by atoms with van der Waals surface area (Å²) in [4.78, 5) is 0. The first-order valence-electron chi connectivity index (χ1n) is 10.4. The number of nitrogens with one attached hydrogen (secondary N) is 1. The highest BCUT2D eigenvalue weighted by atomic mass is 16.3. The zero-order chi connectivity index (χ0) is 19.5. The van der Waals surface area contributed by atoms with E-state index in [4.69, 9.17) is 0 Å². The Bertz CT molecular complexity index is 1250. The summed E-state index contributed by atoms with van der Waals surface area (Å²) in [6, 6.07) is 23.6. The van der Waals surface area contributed by atoms with E-state index < -0.39 is 0 Å². The molecule has 0 saturated carbocycles. The SMILES string of the molecule is Cc1ccc(O)c2c1C1C=CCC1C(c1c3ccccc3cc3ccccc13)N2. The molecule has 0 fully saturated rings. The number of hydrogen-bond acceptors (Lipinski definition) is 2. The molecule has 2 nitrogen and oxygen atoms in total. The quantitative estimate of drug-likeness (QED) is 0.216. The van der Waals surface area contributed by atoms with Gasteiger partial charge in [-0.25, -0.2) is 0 Å². The largest absolute Gasteiger partial charge is 0.506 e. The standard InChI is InChI=1S/C27H23NO/c1-16-13-14-23(29)27-24(16)21-11-6-12-22(21)26(28-27)25-19-9-4-2-7-17(19)15-18-8-3-5-10-20(18)25/h2-11,13-15,21-22,26,28-29H,12H2,1H3. The van der Waals surface area contributed by atoms with Crippen molar-refractivity contribution in [3.05, 3.63) is 95.6 Å². The van der Waals surface area contributed by atoms with Gasteiger partial charge in [0.1, 0.15) is 5.75 Å². The summed E-state index contributed by atoms with van der Waals surface area (Å²) in [7, 11) is 0. The van der Waals surface area contributed by atoms with Crippen molar-refractivity contribution in [1.29, 1.82) is 0 Å². The van der Waals surface area contributed by atoms with Crippen molar-refractivity contribution < 1.29 is 5.11 Å². The molecule has 3 unspecified atom stereocenters. The second kappa shape index (κ2) is 6.12. The third kappa shape index (κ3) is 2.35. The molecule has 0 aromatic heterocycles. The van der Waals surface area contributed by atoms with E-state index in [1.54, 1.807) is 0 Å². The van der Waals surface area contributed by atoms with Gasteiger partial charge in [0.15, 0.2) is 0 Å². The van der Waals surface area contributed by atoms with E-state index in [9.17, 15) is 5.11 Å². The Labute approximate surface area is 170 Å². The number of phenolic OH excluding ortho intramolecular Hbond substituents is 1. The minimum absolute atomic E-state index is 0.145. The van der Waals surface area contributed by atoms with Crippen LogP contribution in [0.4, 0.5) is 5.69 Å². The van der Waals surface area contributed by atoms with Crippen molar-refractivity contribution in [2.24, 2.45) is 5.92 Å². The van der Waals surface area contributed by atoms with Gasteiger partial charge in [0, 0.05) is 5.92 Å². The van der Waals surface area contributed by atoms with E-state index in [2.05, 4.69) is 79.0 Å². The van der Waals surface area contributed by atoms with Crippen LogP contribution in [0.15, 0.2) is 78.9 Å². The van der Waals surface area contributed by atoms with E-state index in [1.165, 1.54) is 38.2 Å². The summed E-state index contributed by atoms with van der Waals surface area (Å²) in [5.74, 6) is 1.12. The normalized spacial score (nSPS) is 22.4. The Hall–Kier alpha value is -3.26. The molecule has 0 bridgehead atoms. The van der Waals surface area contributed by atoms with Gasteiger partial charge in [0.25, 0.3) is 0 Å². The van der Waals surface area contributed by atoms with Crippen molar-refractivity contribution in [1.82, 2.24) is 0 Å². The number of phenols is 1. The van der Waals surface area contributed by atoms with Crippen LogP contribution in [0.3, 0.4) is 0 Å². The van der Waals surface area contributed by atoms with E-state index in [0.29, 0.717) is 17.6 Å². The molecular formula is C27H23NO. The van der Waals surface area contributed by atoms with Gasteiger partial charge in [0.2, 0.25) is 0 Å². The lowest BCUT2D eigenvalue weighted by Crippen LogP contribution is -2.30. The fraction of sp³-hybridized carbons (Fsp3) is 0.185.